The molecule has 0 spiro atoms. The summed E-state index contributed by atoms with van der Waals surface area (Å²) in [5.41, 5.74) is -0.0653. The third kappa shape index (κ3) is 3.74. The van der Waals surface area contributed by atoms with Crippen LogP contribution in [-0.4, -0.2) is 29.6 Å². The lowest BCUT2D eigenvalue weighted by Crippen LogP contribution is -2.28. The van der Waals surface area contributed by atoms with E-state index in [2.05, 4.69) is 15.9 Å². The maximum absolute atomic E-state index is 13.7. The summed E-state index contributed by atoms with van der Waals surface area (Å²) in [6, 6.07) is 2.48. The highest BCUT2D eigenvalue weighted by atomic mass is 79.9. The van der Waals surface area contributed by atoms with Gasteiger partial charge < -0.3 is 10.0 Å². The molecule has 0 radical (unpaired) electrons. The van der Waals surface area contributed by atoms with E-state index in [1.54, 1.807) is 18.9 Å². The zero-order valence-corrected chi connectivity index (χ0v) is 11.7. The molecule has 0 heterocycles. The van der Waals surface area contributed by atoms with Crippen molar-refractivity contribution in [1.29, 1.82) is 0 Å². The van der Waals surface area contributed by atoms with E-state index in [0.717, 1.165) is 0 Å². The van der Waals surface area contributed by atoms with Gasteiger partial charge in [0.1, 0.15) is 11.6 Å². The summed E-state index contributed by atoms with van der Waals surface area (Å²) in [6.45, 7) is 1.79. The van der Waals surface area contributed by atoms with Gasteiger partial charge in [-0.1, -0.05) is 6.92 Å². The summed E-state index contributed by atoms with van der Waals surface area (Å²) in [5.74, 6) is -2.80. The standard InChI is InChI=1S/C12H14BrF2NO2/c1-7(12(17)18)5-16(2)6-8-10(14)4-3-9(13)11(8)15/h3-4,7H,5-6H2,1-2H3,(H,17,18). The Kier molecular flexibility index (Phi) is 5.22. The van der Waals surface area contributed by atoms with Gasteiger partial charge in [0.05, 0.1) is 10.4 Å². The highest BCUT2D eigenvalue weighted by Crippen LogP contribution is 2.22. The van der Waals surface area contributed by atoms with Crippen LogP contribution in [0.5, 0.6) is 0 Å². The molecule has 0 aliphatic carbocycles. The number of benzene rings is 1. The number of hydrogen-bond acceptors (Lipinski definition) is 2. The minimum absolute atomic E-state index is 0.0225. The first-order valence-corrected chi connectivity index (χ1v) is 6.16. The van der Waals surface area contributed by atoms with Crippen molar-refractivity contribution in [3.8, 4) is 0 Å². The second-order valence-corrected chi connectivity index (χ2v) is 5.11. The lowest BCUT2D eigenvalue weighted by atomic mass is 10.1. The molecule has 18 heavy (non-hydrogen) atoms. The molecule has 0 aliphatic rings. The van der Waals surface area contributed by atoms with E-state index < -0.39 is 23.5 Å². The topological polar surface area (TPSA) is 40.5 Å². The quantitative estimate of drug-likeness (QED) is 0.848. The molecule has 0 saturated heterocycles. The Hall–Kier alpha value is -1.01. The Balaban J connectivity index is 2.79. The third-order valence-electron chi connectivity index (χ3n) is 2.57. The predicted octanol–water partition coefficient (Wildman–Crippen LogP) is 2.88. The highest BCUT2D eigenvalue weighted by molar-refractivity contribution is 9.10. The molecule has 0 bridgehead atoms. The zero-order valence-electron chi connectivity index (χ0n) is 10.1. The molecule has 1 unspecified atom stereocenters. The van der Waals surface area contributed by atoms with Crippen LogP contribution in [0.25, 0.3) is 0 Å². The second kappa shape index (κ2) is 6.24. The van der Waals surface area contributed by atoms with Gasteiger partial charge in [0.2, 0.25) is 0 Å². The van der Waals surface area contributed by atoms with E-state index in [9.17, 15) is 13.6 Å². The molecule has 3 nitrogen and oxygen atoms in total. The van der Waals surface area contributed by atoms with Gasteiger partial charge in [-0.25, -0.2) is 8.78 Å². The van der Waals surface area contributed by atoms with Crippen LogP contribution in [0.3, 0.4) is 0 Å². The molecule has 0 aromatic heterocycles. The van der Waals surface area contributed by atoms with Gasteiger partial charge in [0.25, 0.3) is 0 Å². The van der Waals surface area contributed by atoms with Gasteiger partial charge in [-0.3, -0.25) is 4.79 Å². The SMILES string of the molecule is CC(CN(C)Cc1c(F)ccc(Br)c1F)C(=O)O. The summed E-state index contributed by atoms with van der Waals surface area (Å²) in [7, 11) is 1.62. The number of halogens is 3. The average Bonchev–Trinajstić information content (AvgIpc) is 2.29. The summed E-state index contributed by atoms with van der Waals surface area (Å²) in [4.78, 5) is 12.3. The zero-order chi connectivity index (χ0) is 13.9. The lowest BCUT2D eigenvalue weighted by molar-refractivity contribution is -0.141. The number of aliphatic carboxylic acids is 1. The second-order valence-electron chi connectivity index (χ2n) is 4.26. The number of carboxylic acids is 1. The summed E-state index contributed by atoms with van der Waals surface area (Å²) in [5, 5.41) is 8.77. The molecule has 0 aliphatic heterocycles. The van der Waals surface area contributed by atoms with Crippen molar-refractivity contribution in [1.82, 2.24) is 4.90 Å². The third-order valence-corrected chi connectivity index (χ3v) is 3.19. The van der Waals surface area contributed by atoms with Crippen molar-refractivity contribution in [3.63, 3.8) is 0 Å². The normalized spacial score (nSPS) is 12.8. The fourth-order valence-electron chi connectivity index (χ4n) is 1.59. The van der Waals surface area contributed by atoms with Crippen molar-refractivity contribution in [2.24, 2.45) is 5.92 Å². The number of hydrogen-bond donors (Lipinski definition) is 1. The van der Waals surface area contributed by atoms with Crippen LogP contribution in [0.1, 0.15) is 12.5 Å². The molecular formula is C12H14BrF2NO2. The molecule has 1 N–H and O–H groups in total. The summed E-state index contributed by atoms with van der Waals surface area (Å²) < 4.78 is 27.4. The number of carboxylic acid groups (broad SMARTS) is 1. The maximum atomic E-state index is 13.7. The average molecular weight is 322 g/mol. The van der Waals surface area contributed by atoms with Gasteiger partial charge in [-0.15, -0.1) is 0 Å². The Morgan fingerprint density at radius 3 is 2.67 bits per heavy atom. The molecule has 100 valence electrons. The summed E-state index contributed by atoms with van der Waals surface area (Å²) in [6.07, 6.45) is 0. The Morgan fingerprint density at radius 2 is 2.11 bits per heavy atom. The van der Waals surface area contributed by atoms with Crippen LogP contribution in [0, 0.1) is 17.6 Å². The number of carbonyl (C=O) groups is 1. The van der Waals surface area contributed by atoms with E-state index >= 15 is 0 Å². The van der Waals surface area contributed by atoms with Gasteiger partial charge in [-0.2, -0.15) is 0 Å². The van der Waals surface area contributed by atoms with E-state index in [1.165, 1.54) is 12.1 Å². The van der Waals surface area contributed by atoms with Crippen molar-refractivity contribution in [2.75, 3.05) is 13.6 Å². The van der Waals surface area contributed by atoms with Crippen LogP contribution in [0.4, 0.5) is 8.78 Å². The van der Waals surface area contributed by atoms with E-state index in [-0.39, 0.29) is 23.1 Å². The Morgan fingerprint density at radius 1 is 1.50 bits per heavy atom. The van der Waals surface area contributed by atoms with Gasteiger partial charge >= 0.3 is 5.97 Å². The number of nitrogens with zero attached hydrogens (tertiary/aromatic N) is 1. The fourth-order valence-corrected chi connectivity index (χ4v) is 1.97. The maximum Gasteiger partial charge on any atom is 0.307 e. The van der Waals surface area contributed by atoms with Crippen LogP contribution in [0.15, 0.2) is 16.6 Å². The monoisotopic (exact) mass is 321 g/mol. The smallest absolute Gasteiger partial charge is 0.307 e. The molecule has 1 aromatic rings. The van der Waals surface area contributed by atoms with Crippen LogP contribution in [-0.2, 0) is 11.3 Å². The van der Waals surface area contributed by atoms with E-state index in [4.69, 9.17) is 5.11 Å². The minimum Gasteiger partial charge on any atom is -0.481 e. The first-order valence-electron chi connectivity index (χ1n) is 5.36. The molecule has 1 atom stereocenters. The van der Waals surface area contributed by atoms with Crippen molar-refractivity contribution in [3.05, 3.63) is 33.8 Å². The van der Waals surface area contributed by atoms with Crippen molar-refractivity contribution in [2.45, 2.75) is 13.5 Å². The largest absolute Gasteiger partial charge is 0.481 e. The lowest BCUT2D eigenvalue weighted by Gasteiger charge is -2.19. The van der Waals surface area contributed by atoms with E-state index in [1.807, 2.05) is 0 Å². The first-order chi connectivity index (χ1) is 8.32. The molecular weight excluding hydrogens is 308 g/mol. The van der Waals surface area contributed by atoms with Crippen LogP contribution >= 0.6 is 15.9 Å². The van der Waals surface area contributed by atoms with Crippen molar-refractivity contribution < 1.29 is 18.7 Å². The molecule has 0 amide bonds. The van der Waals surface area contributed by atoms with Crippen LogP contribution in [0.2, 0.25) is 0 Å². The highest BCUT2D eigenvalue weighted by Gasteiger charge is 2.17. The van der Waals surface area contributed by atoms with Crippen molar-refractivity contribution >= 4 is 21.9 Å². The fraction of sp³-hybridized carbons (Fsp3) is 0.417. The van der Waals surface area contributed by atoms with Gasteiger partial charge in [0, 0.05) is 18.7 Å². The number of rotatable bonds is 5. The Labute approximate surface area is 113 Å². The molecule has 1 aromatic carbocycles. The minimum atomic E-state index is -0.933. The summed E-state index contributed by atoms with van der Waals surface area (Å²) >= 11 is 2.99. The van der Waals surface area contributed by atoms with Crippen LogP contribution < -0.4 is 0 Å². The Bertz CT molecular complexity index is 454. The molecule has 0 fully saturated rings. The van der Waals surface area contributed by atoms with Gasteiger partial charge in [-0.05, 0) is 35.1 Å². The predicted molar refractivity (Wildman–Crippen MR) is 67.2 cm³/mol. The van der Waals surface area contributed by atoms with Gasteiger partial charge in [0.15, 0.2) is 0 Å². The molecule has 0 saturated carbocycles. The molecule has 1 rings (SSSR count). The van der Waals surface area contributed by atoms with E-state index in [0.29, 0.717) is 0 Å². The first kappa shape index (κ1) is 15.0. The molecule has 6 heteroatoms.